The van der Waals surface area contributed by atoms with E-state index in [-0.39, 0.29) is 17.9 Å². The quantitative estimate of drug-likeness (QED) is 0.721. The molecule has 0 bridgehead atoms. The van der Waals surface area contributed by atoms with Crippen LogP contribution in [-0.4, -0.2) is 41.6 Å². The molecular formula is C19H23F3N4O2. The SMILES string of the molecule is CC(C)Nc1nc(NC[C@@H]2CCCO2)cc(-c2cccc(OC(F)(F)F)c2)n1. The molecule has 1 fully saturated rings. The molecule has 1 saturated heterocycles. The van der Waals surface area contributed by atoms with Crippen LogP contribution in [0.1, 0.15) is 26.7 Å². The molecule has 9 heteroatoms. The van der Waals surface area contributed by atoms with Crippen molar-refractivity contribution >= 4 is 11.8 Å². The Morgan fingerprint density at radius 2 is 2.07 bits per heavy atom. The lowest BCUT2D eigenvalue weighted by atomic mass is 10.1. The molecule has 6 nitrogen and oxygen atoms in total. The lowest BCUT2D eigenvalue weighted by Crippen LogP contribution is -2.20. The molecule has 0 amide bonds. The molecule has 2 N–H and O–H groups in total. The summed E-state index contributed by atoms with van der Waals surface area (Å²) in [5.41, 5.74) is 0.983. The molecule has 1 aliphatic heterocycles. The molecule has 1 atom stereocenters. The van der Waals surface area contributed by atoms with E-state index in [1.807, 2.05) is 13.8 Å². The van der Waals surface area contributed by atoms with E-state index >= 15 is 0 Å². The van der Waals surface area contributed by atoms with Crippen LogP contribution in [0.25, 0.3) is 11.3 Å². The first-order valence-electron chi connectivity index (χ1n) is 9.16. The predicted molar refractivity (Wildman–Crippen MR) is 100 cm³/mol. The highest BCUT2D eigenvalue weighted by atomic mass is 19.4. The number of halogens is 3. The fraction of sp³-hybridized carbons (Fsp3) is 0.474. The van der Waals surface area contributed by atoms with Crippen molar-refractivity contribution in [2.45, 2.75) is 45.2 Å². The Hall–Kier alpha value is -2.55. The lowest BCUT2D eigenvalue weighted by molar-refractivity contribution is -0.274. The van der Waals surface area contributed by atoms with Crippen molar-refractivity contribution in [1.29, 1.82) is 0 Å². The molecule has 0 spiro atoms. The first-order chi connectivity index (χ1) is 13.3. The molecule has 2 heterocycles. The van der Waals surface area contributed by atoms with Crippen LogP contribution in [0, 0.1) is 0 Å². The summed E-state index contributed by atoms with van der Waals surface area (Å²) in [4.78, 5) is 8.87. The highest BCUT2D eigenvalue weighted by molar-refractivity contribution is 5.66. The van der Waals surface area contributed by atoms with E-state index in [4.69, 9.17) is 4.74 Å². The van der Waals surface area contributed by atoms with Crippen LogP contribution >= 0.6 is 0 Å². The van der Waals surface area contributed by atoms with Crippen molar-refractivity contribution in [3.8, 4) is 17.0 Å². The van der Waals surface area contributed by atoms with Gasteiger partial charge in [0.2, 0.25) is 5.95 Å². The zero-order chi connectivity index (χ0) is 20.1. The van der Waals surface area contributed by atoms with Crippen molar-refractivity contribution in [2.24, 2.45) is 0 Å². The van der Waals surface area contributed by atoms with Crippen LogP contribution in [0.4, 0.5) is 24.9 Å². The van der Waals surface area contributed by atoms with Gasteiger partial charge in [0, 0.05) is 30.8 Å². The zero-order valence-corrected chi connectivity index (χ0v) is 15.7. The standard InChI is InChI=1S/C19H23F3N4O2/c1-12(2)24-18-25-16(10-17(26-18)23-11-15-7-4-8-27-15)13-5-3-6-14(9-13)28-19(20,21)22/h3,5-6,9-10,12,15H,4,7-8,11H2,1-2H3,(H2,23,24,25,26)/t15-/m0/s1. The molecule has 0 unspecified atom stereocenters. The van der Waals surface area contributed by atoms with Crippen molar-refractivity contribution < 1.29 is 22.6 Å². The molecule has 3 rings (SSSR count). The molecule has 0 radical (unpaired) electrons. The summed E-state index contributed by atoms with van der Waals surface area (Å²) in [5, 5.41) is 6.37. The number of benzene rings is 1. The first-order valence-corrected chi connectivity index (χ1v) is 9.16. The summed E-state index contributed by atoms with van der Waals surface area (Å²) >= 11 is 0. The number of hydrogen-bond acceptors (Lipinski definition) is 6. The second-order valence-electron chi connectivity index (χ2n) is 6.85. The van der Waals surface area contributed by atoms with Crippen LogP contribution in [0.2, 0.25) is 0 Å². The van der Waals surface area contributed by atoms with Gasteiger partial charge in [-0.1, -0.05) is 12.1 Å². The second-order valence-corrected chi connectivity index (χ2v) is 6.85. The van der Waals surface area contributed by atoms with Crippen molar-refractivity contribution in [2.75, 3.05) is 23.8 Å². The van der Waals surface area contributed by atoms with E-state index < -0.39 is 6.36 Å². The van der Waals surface area contributed by atoms with Crippen LogP contribution in [0.15, 0.2) is 30.3 Å². The van der Waals surface area contributed by atoms with Gasteiger partial charge in [0.05, 0.1) is 11.8 Å². The Morgan fingerprint density at radius 3 is 2.75 bits per heavy atom. The number of anilines is 2. The highest BCUT2D eigenvalue weighted by Crippen LogP contribution is 2.28. The minimum Gasteiger partial charge on any atom is -0.406 e. The van der Waals surface area contributed by atoms with Crippen molar-refractivity contribution in [1.82, 2.24) is 9.97 Å². The van der Waals surface area contributed by atoms with Crippen molar-refractivity contribution in [3.05, 3.63) is 30.3 Å². The van der Waals surface area contributed by atoms with Gasteiger partial charge >= 0.3 is 6.36 Å². The number of aromatic nitrogens is 2. The monoisotopic (exact) mass is 396 g/mol. The van der Waals surface area contributed by atoms with E-state index in [0.717, 1.165) is 19.4 Å². The average Bonchev–Trinajstić information content (AvgIpc) is 3.11. The highest BCUT2D eigenvalue weighted by Gasteiger charge is 2.31. The smallest absolute Gasteiger partial charge is 0.406 e. The molecule has 1 aromatic heterocycles. The molecule has 28 heavy (non-hydrogen) atoms. The maximum atomic E-state index is 12.5. The van der Waals surface area contributed by atoms with E-state index in [1.165, 1.54) is 18.2 Å². The largest absolute Gasteiger partial charge is 0.573 e. The number of nitrogens with one attached hydrogen (secondary N) is 2. The van der Waals surface area contributed by atoms with Gasteiger partial charge < -0.3 is 20.1 Å². The van der Waals surface area contributed by atoms with Crippen molar-refractivity contribution in [3.63, 3.8) is 0 Å². The van der Waals surface area contributed by atoms with Gasteiger partial charge in [0.15, 0.2) is 0 Å². The van der Waals surface area contributed by atoms with E-state index in [1.54, 1.807) is 12.1 Å². The van der Waals surface area contributed by atoms with Gasteiger partial charge in [-0.15, -0.1) is 13.2 Å². The topological polar surface area (TPSA) is 68.3 Å². The average molecular weight is 396 g/mol. The minimum absolute atomic E-state index is 0.0983. The first kappa shape index (κ1) is 20.2. The summed E-state index contributed by atoms with van der Waals surface area (Å²) in [5.74, 6) is 0.672. The number of alkyl halides is 3. The number of nitrogens with zero attached hydrogens (tertiary/aromatic N) is 2. The summed E-state index contributed by atoms with van der Waals surface area (Å²) in [6, 6.07) is 7.53. The maximum absolute atomic E-state index is 12.5. The molecule has 152 valence electrons. The molecule has 2 aromatic rings. The Bertz CT molecular complexity index is 793. The van der Waals surface area contributed by atoms with Gasteiger partial charge in [-0.25, -0.2) is 4.98 Å². The summed E-state index contributed by atoms with van der Waals surface area (Å²) in [7, 11) is 0. The van der Waals surface area contributed by atoms with Gasteiger partial charge in [-0.2, -0.15) is 4.98 Å². The minimum atomic E-state index is -4.75. The molecule has 1 aromatic carbocycles. The zero-order valence-electron chi connectivity index (χ0n) is 15.7. The van der Waals surface area contributed by atoms with E-state index in [0.29, 0.717) is 29.6 Å². The summed E-state index contributed by atoms with van der Waals surface area (Å²) in [6.45, 7) is 5.27. The number of ether oxygens (including phenoxy) is 2. The van der Waals surface area contributed by atoms with Gasteiger partial charge in [0.1, 0.15) is 11.6 Å². The Labute approximate surface area is 161 Å². The van der Waals surface area contributed by atoms with Crippen LogP contribution in [0.5, 0.6) is 5.75 Å². The summed E-state index contributed by atoms with van der Waals surface area (Å²) < 4.78 is 47.2. The van der Waals surface area contributed by atoms with Crippen LogP contribution in [-0.2, 0) is 4.74 Å². The fourth-order valence-electron chi connectivity index (χ4n) is 2.88. The third kappa shape index (κ3) is 5.98. The summed E-state index contributed by atoms with van der Waals surface area (Å²) in [6.07, 6.45) is -2.60. The van der Waals surface area contributed by atoms with Crippen LogP contribution < -0.4 is 15.4 Å². The Balaban J connectivity index is 1.85. The predicted octanol–water partition coefficient (Wildman–Crippen LogP) is 4.45. The van der Waals surface area contributed by atoms with E-state index in [9.17, 15) is 13.2 Å². The van der Waals surface area contributed by atoms with Crippen LogP contribution in [0.3, 0.4) is 0 Å². The Kier molecular flexibility index (Phi) is 6.23. The second kappa shape index (κ2) is 8.64. The van der Waals surface area contributed by atoms with E-state index in [2.05, 4.69) is 25.3 Å². The molecular weight excluding hydrogens is 373 g/mol. The Morgan fingerprint density at radius 1 is 1.25 bits per heavy atom. The number of rotatable bonds is 7. The lowest BCUT2D eigenvalue weighted by Gasteiger charge is -2.15. The molecule has 0 saturated carbocycles. The van der Waals surface area contributed by atoms with Gasteiger partial charge in [-0.05, 0) is 38.8 Å². The molecule has 0 aliphatic carbocycles. The maximum Gasteiger partial charge on any atom is 0.573 e. The van der Waals surface area contributed by atoms with Gasteiger partial charge in [0.25, 0.3) is 0 Å². The normalized spacial score (nSPS) is 17.0. The molecule has 1 aliphatic rings. The third-order valence-electron chi connectivity index (χ3n) is 4.04. The fourth-order valence-corrected chi connectivity index (χ4v) is 2.88. The third-order valence-corrected chi connectivity index (χ3v) is 4.04. The van der Waals surface area contributed by atoms with Gasteiger partial charge in [-0.3, -0.25) is 0 Å². The number of hydrogen-bond donors (Lipinski definition) is 2.